The normalized spacial score (nSPS) is 15.2. The summed E-state index contributed by atoms with van der Waals surface area (Å²) in [6, 6.07) is 7.41. The van der Waals surface area contributed by atoms with E-state index in [1.807, 2.05) is 36.6 Å². The van der Waals surface area contributed by atoms with Crippen LogP contribution in [0.2, 0.25) is 0 Å². The van der Waals surface area contributed by atoms with Gasteiger partial charge in [0.1, 0.15) is 11.5 Å². The van der Waals surface area contributed by atoms with Crippen molar-refractivity contribution < 1.29 is 14.0 Å². The zero-order valence-electron chi connectivity index (χ0n) is 16.5. The highest BCUT2D eigenvalue weighted by molar-refractivity contribution is 5.98. The van der Waals surface area contributed by atoms with E-state index in [1.165, 1.54) is 0 Å². The van der Waals surface area contributed by atoms with Crippen LogP contribution in [-0.2, 0) is 11.3 Å². The molecule has 1 aliphatic rings. The molecule has 0 unspecified atom stereocenters. The summed E-state index contributed by atoms with van der Waals surface area (Å²) in [4.78, 5) is 15.2. The molecule has 1 saturated heterocycles. The lowest BCUT2D eigenvalue weighted by Crippen LogP contribution is -2.39. The molecule has 1 fully saturated rings. The van der Waals surface area contributed by atoms with Crippen molar-refractivity contribution in [1.82, 2.24) is 14.6 Å². The number of aryl methyl sites for hydroxylation is 2. The van der Waals surface area contributed by atoms with Crippen LogP contribution in [0.1, 0.15) is 11.5 Å². The van der Waals surface area contributed by atoms with Crippen molar-refractivity contribution in [3.8, 4) is 16.9 Å². The minimum atomic E-state index is -0.0259. The Labute approximate surface area is 163 Å². The number of methoxy groups -OCH3 is 1. The quantitative estimate of drug-likeness (QED) is 0.675. The molecular formula is C21H25N3O4. The van der Waals surface area contributed by atoms with Gasteiger partial charge in [-0.25, -0.2) is 0 Å². The molecule has 7 heteroatoms. The molecule has 1 aliphatic heterocycles. The molecule has 0 spiro atoms. The highest BCUT2D eigenvalue weighted by Gasteiger charge is 2.22. The maximum Gasteiger partial charge on any atom is 0.251 e. The molecule has 28 heavy (non-hydrogen) atoms. The second-order valence-corrected chi connectivity index (χ2v) is 7.06. The Balaban J connectivity index is 1.89. The van der Waals surface area contributed by atoms with E-state index in [0.717, 1.165) is 60.6 Å². The molecule has 2 aromatic heterocycles. The van der Waals surface area contributed by atoms with Crippen molar-refractivity contribution in [2.45, 2.75) is 20.4 Å². The van der Waals surface area contributed by atoms with Crippen molar-refractivity contribution in [2.75, 3.05) is 40.0 Å². The molecule has 1 aromatic carbocycles. The molecule has 3 aromatic rings. The van der Waals surface area contributed by atoms with Gasteiger partial charge in [0, 0.05) is 32.2 Å². The first kappa shape index (κ1) is 18.7. The van der Waals surface area contributed by atoms with Gasteiger partial charge in [-0.05, 0) is 37.4 Å². The summed E-state index contributed by atoms with van der Waals surface area (Å²) < 4.78 is 18.3. The van der Waals surface area contributed by atoms with Crippen molar-refractivity contribution in [3.63, 3.8) is 0 Å². The summed E-state index contributed by atoms with van der Waals surface area (Å²) in [5.41, 5.74) is 3.35. The summed E-state index contributed by atoms with van der Waals surface area (Å²) in [7, 11) is 1.64. The molecule has 0 atom stereocenters. The maximum absolute atomic E-state index is 12.8. The first-order chi connectivity index (χ1) is 13.6. The Kier molecular flexibility index (Phi) is 5.19. The number of hydrogen-bond acceptors (Lipinski definition) is 6. The van der Waals surface area contributed by atoms with Crippen molar-refractivity contribution in [3.05, 3.63) is 46.1 Å². The number of nitrogens with zero attached hydrogens (tertiary/aromatic N) is 3. The summed E-state index contributed by atoms with van der Waals surface area (Å²) in [6.07, 6.45) is 0. The Morgan fingerprint density at radius 2 is 1.82 bits per heavy atom. The van der Waals surface area contributed by atoms with E-state index in [2.05, 4.69) is 10.1 Å². The minimum Gasteiger partial charge on any atom is -0.496 e. The highest BCUT2D eigenvalue weighted by atomic mass is 16.5. The second-order valence-electron chi connectivity index (χ2n) is 7.06. The number of benzene rings is 1. The average molecular weight is 383 g/mol. The largest absolute Gasteiger partial charge is 0.496 e. The number of aromatic nitrogens is 2. The Bertz CT molecular complexity index is 1030. The lowest BCUT2D eigenvalue weighted by Gasteiger charge is -2.27. The van der Waals surface area contributed by atoms with Crippen molar-refractivity contribution >= 4 is 10.9 Å². The van der Waals surface area contributed by atoms with E-state index in [-0.39, 0.29) is 5.56 Å². The zero-order chi connectivity index (χ0) is 19.7. The average Bonchev–Trinajstić information content (AvgIpc) is 3.05. The van der Waals surface area contributed by atoms with E-state index < -0.39 is 0 Å². The van der Waals surface area contributed by atoms with Crippen LogP contribution in [0.4, 0.5) is 0 Å². The first-order valence-corrected chi connectivity index (χ1v) is 9.54. The molecule has 148 valence electrons. The molecule has 0 aliphatic carbocycles. The molecule has 3 heterocycles. The number of morpholine rings is 1. The van der Waals surface area contributed by atoms with Crippen molar-refractivity contribution in [1.29, 1.82) is 0 Å². The molecule has 4 rings (SSSR count). The van der Waals surface area contributed by atoms with Gasteiger partial charge in [0.15, 0.2) is 0 Å². The molecule has 7 nitrogen and oxygen atoms in total. The monoisotopic (exact) mass is 383 g/mol. The van der Waals surface area contributed by atoms with Crippen LogP contribution in [-0.4, -0.2) is 54.6 Å². The van der Waals surface area contributed by atoms with E-state index in [0.29, 0.717) is 18.1 Å². The van der Waals surface area contributed by atoms with Crippen LogP contribution in [0.25, 0.3) is 22.0 Å². The van der Waals surface area contributed by atoms with E-state index >= 15 is 0 Å². The number of fused-ring (bicyclic) bond motifs is 1. The lowest BCUT2D eigenvalue weighted by molar-refractivity contribution is 0.0364. The summed E-state index contributed by atoms with van der Waals surface area (Å²) >= 11 is 0. The third kappa shape index (κ3) is 3.31. The van der Waals surface area contributed by atoms with Crippen LogP contribution >= 0.6 is 0 Å². The standard InChI is InChI=1S/C21H25N3O4/c1-14-19(15(2)28-22-14)20-17(26-3)6-4-16-5-7-18(25)24(21(16)20)9-8-23-10-12-27-13-11-23/h4-7H,8-13H2,1-3H3. The third-order valence-corrected chi connectivity index (χ3v) is 5.36. The van der Waals surface area contributed by atoms with Gasteiger partial charge in [-0.2, -0.15) is 0 Å². The maximum atomic E-state index is 12.8. The number of pyridine rings is 1. The van der Waals surface area contributed by atoms with Crippen LogP contribution < -0.4 is 10.3 Å². The fourth-order valence-corrected chi connectivity index (χ4v) is 3.92. The van der Waals surface area contributed by atoms with Crippen LogP contribution in [0.3, 0.4) is 0 Å². The summed E-state index contributed by atoms with van der Waals surface area (Å²) in [6.45, 7) is 8.43. The third-order valence-electron chi connectivity index (χ3n) is 5.36. The predicted octanol–water partition coefficient (Wildman–Crippen LogP) is 2.61. The van der Waals surface area contributed by atoms with Gasteiger partial charge in [0.25, 0.3) is 5.56 Å². The van der Waals surface area contributed by atoms with Gasteiger partial charge in [-0.3, -0.25) is 9.69 Å². The van der Waals surface area contributed by atoms with Gasteiger partial charge >= 0.3 is 0 Å². The fourth-order valence-electron chi connectivity index (χ4n) is 3.92. The number of rotatable bonds is 5. The van der Waals surface area contributed by atoms with E-state index in [9.17, 15) is 4.79 Å². The summed E-state index contributed by atoms with van der Waals surface area (Å²) in [5, 5.41) is 5.09. The van der Waals surface area contributed by atoms with Gasteiger partial charge < -0.3 is 18.6 Å². The molecular weight excluding hydrogens is 358 g/mol. The Morgan fingerprint density at radius 1 is 1.07 bits per heavy atom. The zero-order valence-corrected chi connectivity index (χ0v) is 16.5. The van der Waals surface area contributed by atoms with Gasteiger partial charge in [-0.1, -0.05) is 5.16 Å². The van der Waals surface area contributed by atoms with Gasteiger partial charge in [0.2, 0.25) is 0 Å². The Hall–Kier alpha value is -2.64. The van der Waals surface area contributed by atoms with Crippen LogP contribution in [0, 0.1) is 13.8 Å². The number of hydrogen-bond donors (Lipinski definition) is 0. The van der Waals surface area contributed by atoms with E-state index in [4.69, 9.17) is 14.0 Å². The van der Waals surface area contributed by atoms with E-state index in [1.54, 1.807) is 13.2 Å². The molecule has 0 radical (unpaired) electrons. The predicted molar refractivity (Wildman–Crippen MR) is 107 cm³/mol. The van der Waals surface area contributed by atoms with Crippen LogP contribution in [0.5, 0.6) is 5.75 Å². The molecule has 0 bridgehead atoms. The molecule has 0 amide bonds. The Morgan fingerprint density at radius 3 is 2.50 bits per heavy atom. The molecule has 0 N–H and O–H groups in total. The van der Waals surface area contributed by atoms with Crippen molar-refractivity contribution in [2.24, 2.45) is 0 Å². The van der Waals surface area contributed by atoms with Gasteiger partial charge in [0.05, 0.1) is 42.7 Å². The first-order valence-electron chi connectivity index (χ1n) is 9.54. The molecule has 0 saturated carbocycles. The smallest absolute Gasteiger partial charge is 0.251 e. The highest BCUT2D eigenvalue weighted by Crippen LogP contribution is 2.39. The topological polar surface area (TPSA) is 69.7 Å². The number of ether oxygens (including phenoxy) is 2. The fraction of sp³-hybridized carbons (Fsp3) is 0.429. The minimum absolute atomic E-state index is 0.0259. The SMILES string of the molecule is COc1ccc2ccc(=O)n(CCN3CCOCC3)c2c1-c1c(C)noc1C. The lowest BCUT2D eigenvalue weighted by atomic mass is 9.99. The van der Waals surface area contributed by atoms with Gasteiger partial charge in [-0.15, -0.1) is 0 Å². The second kappa shape index (κ2) is 7.77. The summed E-state index contributed by atoms with van der Waals surface area (Å²) in [5.74, 6) is 1.41. The van der Waals surface area contributed by atoms with Crippen LogP contribution in [0.15, 0.2) is 33.6 Å².